The Bertz CT molecular complexity index is 267. The second-order valence-electron chi connectivity index (χ2n) is 2.39. The molecule has 0 fully saturated rings. The van der Waals surface area contributed by atoms with Crippen LogP contribution in [0.4, 0.5) is 0 Å². The lowest BCUT2D eigenvalue weighted by Gasteiger charge is -2.02. The van der Waals surface area contributed by atoms with Crippen molar-refractivity contribution in [3.05, 3.63) is 21.7 Å². The van der Waals surface area contributed by atoms with Gasteiger partial charge < -0.3 is 5.73 Å². The molecule has 0 saturated heterocycles. The second-order valence-corrected chi connectivity index (χ2v) is 3.10. The Balaban J connectivity index is 0.00000144. The maximum atomic E-state index is 5.78. The van der Waals surface area contributed by atoms with Crippen LogP contribution in [0.5, 0.6) is 0 Å². The normalized spacial score (nSPS) is 9.54. The first-order valence-electron chi connectivity index (χ1n) is 3.53. The molecule has 0 amide bonds. The van der Waals surface area contributed by atoms with Gasteiger partial charge in [0.05, 0.1) is 0 Å². The fourth-order valence-corrected chi connectivity index (χ4v) is 1.17. The first kappa shape index (κ1) is 12.9. The van der Waals surface area contributed by atoms with Crippen LogP contribution >= 0.6 is 35.6 Å². The van der Waals surface area contributed by atoms with E-state index in [1.807, 2.05) is 0 Å². The lowest BCUT2D eigenvalue weighted by Crippen LogP contribution is -2.07. The van der Waals surface area contributed by atoms with E-state index < -0.39 is 0 Å². The molecule has 0 unspecified atom stereocenters. The smallest absolute Gasteiger partial charge is 0.137 e. The summed E-state index contributed by atoms with van der Waals surface area (Å²) in [6.45, 7) is 2.27. The maximum absolute atomic E-state index is 5.78. The van der Waals surface area contributed by atoms with Crippen molar-refractivity contribution in [1.29, 1.82) is 0 Å². The zero-order chi connectivity index (χ0) is 9.14. The highest BCUT2D eigenvalue weighted by molar-refractivity contribution is 6.34. The Morgan fingerprint density at radius 3 is 2.08 bits per heavy atom. The highest BCUT2D eigenvalue weighted by Crippen LogP contribution is 2.19. The number of nitrogens with two attached hydrogens (primary N) is 1. The Labute approximate surface area is 93.1 Å². The number of rotatable bonds is 2. The number of hydrogen-bond acceptors (Lipinski definition) is 3. The minimum Gasteiger partial charge on any atom is -0.330 e. The van der Waals surface area contributed by atoms with Crippen molar-refractivity contribution < 1.29 is 0 Å². The quantitative estimate of drug-likeness (QED) is 0.807. The van der Waals surface area contributed by atoms with Crippen molar-refractivity contribution in [3.63, 3.8) is 0 Å². The molecule has 1 rings (SSSR count). The molecule has 0 spiro atoms. The summed E-state index contributed by atoms with van der Waals surface area (Å²) < 4.78 is 0. The summed E-state index contributed by atoms with van der Waals surface area (Å²) in [7, 11) is 0. The molecule has 74 valence electrons. The first-order chi connectivity index (χ1) is 5.65. The van der Waals surface area contributed by atoms with Crippen LogP contribution in [0.3, 0.4) is 0 Å². The van der Waals surface area contributed by atoms with Gasteiger partial charge in [-0.3, -0.25) is 0 Å². The molecular weight excluding hydrogens is 232 g/mol. The molecule has 6 heteroatoms. The third kappa shape index (κ3) is 3.27. The van der Waals surface area contributed by atoms with Crippen molar-refractivity contribution in [3.8, 4) is 0 Å². The highest BCUT2D eigenvalue weighted by atomic mass is 35.5. The predicted molar refractivity (Wildman–Crippen MR) is 56.8 cm³/mol. The van der Waals surface area contributed by atoms with Crippen LogP contribution in [0.1, 0.15) is 11.4 Å². The van der Waals surface area contributed by atoms with Crippen LogP contribution in [-0.2, 0) is 6.42 Å². The van der Waals surface area contributed by atoms with Crippen molar-refractivity contribution in [2.45, 2.75) is 13.3 Å². The average molecular weight is 243 g/mol. The lowest BCUT2D eigenvalue weighted by molar-refractivity contribution is 0.862. The molecule has 1 heterocycles. The third-order valence-electron chi connectivity index (χ3n) is 1.44. The van der Waals surface area contributed by atoms with Crippen molar-refractivity contribution in [1.82, 2.24) is 9.97 Å². The van der Waals surface area contributed by atoms with Gasteiger partial charge in [-0.25, -0.2) is 9.97 Å². The van der Waals surface area contributed by atoms with Gasteiger partial charge in [-0.05, 0) is 13.5 Å². The van der Waals surface area contributed by atoms with Gasteiger partial charge in [0, 0.05) is 12.0 Å². The molecule has 0 aliphatic rings. The highest BCUT2D eigenvalue weighted by Gasteiger charge is 2.05. The predicted octanol–water partition coefficient (Wildman–Crippen LogP) is 2.01. The zero-order valence-electron chi connectivity index (χ0n) is 7.05. The summed E-state index contributed by atoms with van der Waals surface area (Å²) in [5.41, 5.74) is 6.04. The SMILES string of the molecule is Cc1c(Cl)nc(CCN)nc1Cl.Cl. The van der Waals surface area contributed by atoms with Gasteiger partial charge in [-0.1, -0.05) is 23.2 Å². The van der Waals surface area contributed by atoms with Crippen LogP contribution in [0, 0.1) is 6.92 Å². The molecule has 2 N–H and O–H groups in total. The maximum Gasteiger partial charge on any atom is 0.137 e. The molecule has 0 aliphatic heterocycles. The van der Waals surface area contributed by atoms with E-state index in [9.17, 15) is 0 Å². The topological polar surface area (TPSA) is 51.8 Å². The van der Waals surface area contributed by atoms with E-state index in [4.69, 9.17) is 28.9 Å². The summed E-state index contributed by atoms with van der Waals surface area (Å²) in [5.74, 6) is 0.595. The van der Waals surface area contributed by atoms with Crippen LogP contribution < -0.4 is 5.73 Å². The molecule has 0 saturated carbocycles. The van der Waals surface area contributed by atoms with Crippen LogP contribution in [-0.4, -0.2) is 16.5 Å². The van der Waals surface area contributed by atoms with E-state index in [0.29, 0.717) is 34.7 Å². The Hall–Kier alpha value is -0.0900. The molecule has 0 radical (unpaired) electrons. The molecule has 3 nitrogen and oxygen atoms in total. The van der Waals surface area contributed by atoms with Crippen molar-refractivity contribution in [2.24, 2.45) is 5.73 Å². The first-order valence-corrected chi connectivity index (χ1v) is 4.29. The van der Waals surface area contributed by atoms with E-state index >= 15 is 0 Å². The zero-order valence-corrected chi connectivity index (χ0v) is 9.38. The van der Waals surface area contributed by atoms with Gasteiger partial charge in [0.15, 0.2) is 0 Å². The Morgan fingerprint density at radius 2 is 1.69 bits per heavy atom. The molecular formula is C7H10Cl3N3. The average Bonchev–Trinajstić information content (AvgIpc) is 2.01. The lowest BCUT2D eigenvalue weighted by atomic mass is 10.3. The van der Waals surface area contributed by atoms with Gasteiger partial charge >= 0.3 is 0 Å². The molecule has 0 aromatic carbocycles. The molecule has 1 aromatic heterocycles. The van der Waals surface area contributed by atoms with E-state index in [-0.39, 0.29) is 12.4 Å². The molecule has 0 aliphatic carbocycles. The fourth-order valence-electron chi connectivity index (χ4n) is 0.745. The Morgan fingerprint density at radius 1 is 1.23 bits per heavy atom. The van der Waals surface area contributed by atoms with Crippen molar-refractivity contribution in [2.75, 3.05) is 6.54 Å². The van der Waals surface area contributed by atoms with Gasteiger partial charge in [-0.2, -0.15) is 0 Å². The third-order valence-corrected chi connectivity index (χ3v) is 2.18. The van der Waals surface area contributed by atoms with E-state index in [1.165, 1.54) is 0 Å². The molecule has 1 aromatic rings. The summed E-state index contributed by atoms with van der Waals surface area (Å²) in [6, 6.07) is 0. The van der Waals surface area contributed by atoms with Crippen LogP contribution in [0.15, 0.2) is 0 Å². The van der Waals surface area contributed by atoms with E-state index in [0.717, 1.165) is 0 Å². The van der Waals surface area contributed by atoms with Crippen LogP contribution in [0.25, 0.3) is 0 Å². The fraction of sp³-hybridized carbons (Fsp3) is 0.429. The van der Waals surface area contributed by atoms with Crippen molar-refractivity contribution >= 4 is 35.6 Å². The Kier molecular flexibility index (Phi) is 5.56. The summed E-state index contributed by atoms with van der Waals surface area (Å²) in [5, 5.41) is 0.803. The minimum absolute atomic E-state index is 0. The summed E-state index contributed by atoms with van der Waals surface area (Å²) in [6.07, 6.45) is 0.597. The molecule has 0 bridgehead atoms. The summed E-state index contributed by atoms with van der Waals surface area (Å²) >= 11 is 11.6. The van der Waals surface area contributed by atoms with Gasteiger partial charge in [0.25, 0.3) is 0 Å². The second kappa shape index (κ2) is 5.60. The van der Waals surface area contributed by atoms with Gasteiger partial charge in [-0.15, -0.1) is 12.4 Å². The largest absolute Gasteiger partial charge is 0.330 e. The monoisotopic (exact) mass is 241 g/mol. The van der Waals surface area contributed by atoms with Gasteiger partial charge in [0.1, 0.15) is 16.1 Å². The van der Waals surface area contributed by atoms with E-state index in [2.05, 4.69) is 9.97 Å². The van der Waals surface area contributed by atoms with Crippen LogP contribution in [0.2, 0.25) is 10.3 Å². The minimum atomic E-state index is 0. The number of nitrogens with zero attached hydrogens (tertiary/aromatic N) is 2. The summed E-state index contributed by atoms with van der Waals surface area (Å²) in [4.78, 5) is 8.03. The number of hydrogen-bond donors (Lipinski definition) is 1. The van der Waals surface area contributed by atoms with E-state index in [1.54, 1.807) is 6.92 Å². The standard InChI is InChI=1S/C7H9Cl2N3.ClH/c1-4-6(8)11-5(2-3-10)12-7(4)9;/h2-3,10H2,1H3;1H. The number of aromatic nitrogens is 2. The molecule has 13 heavy (non-hydrogen) atoms. The van der Waals surface area contributed by atoms with Gasteiger partial charge in [0.2, 0.25) is 0 Å². The molecule has 0 atom stereocenters. The number of halogens is 3.